The highest BCUT2D eigenvalue weighted by molar-refractivity contribution is 7.07. The maximum absolute atomic E-state index is 13.8. The smallest absolute Gasteiger partial charge is 0.338 e. The first-order chi connectivity index (χ1) is 18.7. The number of hydrogen-bond acceptors (Lipinski definition) is 7. The average molecular weight is 583 g/mol. The van der Waals surface area contributed by atoms with Gasteiger partial charge in [-0.05, 0) is 62.7 Å². The fourth-order valence-corrected chi connectivity index (χ4v) is 5.78. The summed E-state index contributed by atoms with van der Waals surface area (Å²) >= 11 is 13.7. The van der Waals surface area contributed by atoms with E-state index in [1.54, 1.807) is 76.4 Å². The molecule has 2 aromatic heterocycles. The lowest BCUT2D eigenvalue weighted by atomic mass is 9.96. The molecule has 4 aromatic rings. The second-order valence-electron chi connectivity index (χ2n) is 9.11. The zero-order chi connectivity index (χ0) is 27.8. The van der Waals surface area contributed by atoms with Crippen LogP contribution in [0, 0.1) is 0 Å². The molecule has 0 saturated carbocycles. The summed E-state index contributed by atoms with van der Waals surface area (Å²) in [6, 6.07) is 15.3. The number of nitrogens with zero attached hydrogens (tertiary/aromatic N) is 2. The van der Waals surface area contributed by atoms with Crippen molar-refractivity contribution in [1.29, 1.82) is 0 Å². The Morgan fingerprint density at radius 1 is 1.13 bits per heavy atom. The van der Waals surface area contributed by atoms with Crippen LogP contribution >= 0.6 is 34.5 Å². The number of furan rings is 1. The number of fused-ring (bicyclic) bond motifs is 1. The van der Waals surface area contributed by atoms with E-state index in [4.69, 9.17) is 37.1 Å². The van der Waals surface area contributed by atoms with Crippen LogP contribution in [0.5, 0.6) is 5.75 Å². The van der Waals surface area contributed by atoms with E-state index in [1.165, 1.54) is 15.9 Å². The molecule has 200 valence electrons. The van der Waals surface area contributed by atoms with E-state index in [1.807, 2.05) is 12.1 Å². The van der Waals surface area contributed by atoms with E-state index in [0.29, 0.717) is 53.5 Å². The minimum absolute atomic E-state index is 0.305. The van der Waals surface area contributed by atoms with Gasteiger partial charge in [-0.1, -0.05) is 52.7 Å². The average Bonchev–Trinajstić information content (AvgIpc) is 3.48. The zero-order valence-corrected chi connectivity index (χ0v) is 23.9. The summed E-state index contributed by atoms with van der Waals surface area (Å²) in [6.45, 7) is 5.30. The SMILES string of the molecule is COc1ccc([C@@H]2C(C(=O)OC(C)C)=C(C)N=c3s/c(=C/c4ccc(-c5cccc(Cl)c5Cl)o4)c(=O)n32)cc1. The Morgan fingerprint density at radius 2 is 1.87 bits per heavy atom. The summed E-state index contributed by atoms with van der Waals surface area (Å²) in [7, 11) is 1.58. The predicted molar refractivity (Wildman–Crippen MR) is 152 cm³/mol. The number of carbonyl (C=O) groups is 1. The molecule has 0 radical (unpaired) electrons. The highest BCUT2D eigenvalue weighted by atomic mass is 35.5. The van der Waals surface area contributed by atoms with Crippen LogP contribution in [0.2, 0.25) is 10.0 Å². The van der Waals surface area contributed by atoms with Crippen LogP contribution in [0.15, 0.2) is 80.1 Å². The second-order valence-corrected chi connectivity index (χ2v) is 10.9. The van der Waals surface area contributed by atoms with Crippen molar-refractivity contribution in [3.05, 3.63) is 107 Å². The minimum Gasteiger partial charge on any atom is -0.497 e. The number of methoxy groups -OCH3 is 1. The van der Waals surface area contributed by atoms with Gasteiger partial charge in [-0.25, -0.2) is 9.79 Å². The van der Waals surface area contributed by atoms with Crippen LogP contribution < -0.4 is 19.6 Å². The molecule has 10 heteroatoms. The van der Waals surface area contributed by atoms with Crippen molar-refractivity contribution in [2.45, 2.75) is 32.9 Å². The second kappa shape index (κ2) is 10.9. The summed E-state index contributed by atoms with van der Waals surface area (Å²) in [5, 5.41) is 0.802. The molecule has 2 aromatic carbocycles. The lowest BCUT2D eigenvalue weighted by Crippen LogP contribution is -2.40. The van der Waals surface area contributed by atoms with Crippen LogP contribution in [-0.4, -0.2) is 23.8 Å². The topological polar surface area (TPSA) is 83.0 Å². The third kappa shape index (κ3) is 5.20. The Hall–Kier alpha value is -3.59. The quantitative estimate of drug-likeness (QED) is 0.270. The Kier molecular flexibility index (Phi) is 7.53. The van der Waals surface area contributed by atoms with Gasteiger partial charge in [0, 0.05) is 11.6 Å². The van der Waals surface area contributed by atoms with E-state index in [9.17, 15) is 9.59 Å². The zero-order valence-electron chi connectivity index (χ0n) is 21.5. The number of aromatic nitrogens is 1. The van der Waals surface area contributed by atoms with Crippen molar-refractivity contribution in [2.75, 3.05) is 7.11 Å². The van der Waals surface area contributed by atoms with Crippen molar-refractivity contribution in [3.8, 4) is 17.1 Å². The maximum Gasteiger partial charge on any atom is 0.338 e. The third-order valence-corrected chi connectivity index (χ3v) is 7.93. The van der Waals surface area contributed by atoms with Gasteiger partial charge < -0.3 is 13.9 Å². The van der Waals surface area contributed by atoms with Crippen molar-refractivity contribution in [2.24, 2.45) is 4.99 Å². The van der Waals surface area contributed by atoms with Crippen molar-refractivity contribution in [1.82, 2.24) is 4.57 Å². The molecule has 7 nitrogen and oxygen atoms in total. The number of halogens is 2. The van der Waals surface area contributed by atoms with Crippen molar-refractivity contribution < 1.29 is 18.7 Å². The molecule has 3 heterocycles. The summed E-state index contributed by atoms with van der Waals surface area (Å²) in [5.41, 5.74) is 1.87. The van der Waals surface area contributed by atoms with Gasteiger partial charge in [0.05, 0.1) is 45.1 Å². The van der Waals surface area contributed by atoms with Gasteiger partial charge >= 0.3 is 5.97 Å². The molecule has 0 aliphatic carbocycles. The molecule has 1 aliphatic rings. The van der Waals surface area contributed by atoms with Crippen LogP contribution in [0.25, 0.3) is 17.4 Å². The predicted octanol–water partition coefficient (Wildman–Crippen LogP) is 5.76. The number of ether oxygens (including phenoxy) is 2. The normalized spacial score (nSPS) is 15.4. The summed E-state index contributed by atoms with van der Waals surface area (Å²) in [5.74, 6) is 1.12. The van der Waals surface area contributed by atoms with Gasteiger partial charge in [-0.3, -0.25) is 9.36 Å². The van der Waals surface area contributed by atoms with E-state index in [0.717, 1.165) is 5.56 Å². The standard InChI is InChI=1S/C29H24Cl2N2O5S/c1-15(2)37-28(35)24-16(3)32-29-33(26(24)17-8-10-18(36-4)11-9-17)27(34)23(39-29)14-19-12-13-22(38-19)20-6-5-7-21(30)25(20)31/h5-15,26H,1-4H3/b23-14+/t26-/m1/s1. The summed E-state index contributed by atoms with van der Waals surface area (Å²) < 4.78 is 18.8. The highest BCUT2D eigenvalue weighted by Crippen LogP contribution is 2.35. The molecule has 0 saturated heterocycles. The highest BCUT2D eigenvalue weighted by Gasteiger charge is 2.33. The van der Waals surface area contributed by atoms with Crippen molar-refractivity contribution in [3.63, 3.8) is 0 Å². The lowest BCUT2D eigenvalue weighted by Gasteiger charge is -2.25. The molecule has 0 spiro atoms. The first-order valence-corrected chi connectivity index (χ1v) is 13.7. The Labute approximate surface area is 238 Å². The largest absolute Gasteiger partial charge is 0.497 e. The molecule has 0 amide bonds. The number of benzene rings is 2. The number of thiazole rings is 1. The number of rotatable bonds is 6. The van der Waals surface area contributed by atoms with Gasteiger partial charge in [0.15, 0.2) is 4.80 Å². The molecule has 1 atom stereocenters. The van der Waals surface area contributed by atoms with E-state index >= 15 is 0 Å². The molecule has 39 heavy (non-hydrogen) atoms. The molecule has 5 rings (SSSR count). The number of carbonyl (C=O) groups excluding carboxylic acids is 1. The summed E-state index contributed by atoms with van der Waals surface area (Å²) in [6.07, 6.45) is 1.32. The first kappa shape index (κ1) is 27.0. The fraction of sp³-hybridized carbons (Fsp3) is 0.207. The van der Waals surface area contributed by atoms with Crippen LogP contribution in [0.1, 0.15) is 38.1 Å². The lowest BCUT2D eigenvalue weighted by molar-refractivity contribution is -0.143. The maximum atomic E-state index is 13.8. The molecule has 1 aliphatic heterocycles. The van der Waals surface area contributed by atoms with Gasteiger partial charge in [0.25, 0.3) is 5.56 Å². The molecular weight excluding hydrogens is 559 g/mol. The van der Waals surface area contributed by atoms with Gasteiger partial charge in [-0.15, -0.1) is 0 Å². The van der Waals surface area contributed by atoms with Crippen molar-refractivity contribution >= 4 is 46.6 Å². The molecule has 0 fully saturated rings. The molecule has 0 N–H and O–H groups in total. The number of esters is 1. The van der Waals surface area contributed by atoms with E-state index in [-0.39, 0.29) is 11.7 Å². The number of allylic oxidation sites excluding steroid dienone is 1. The first-order valence-electron chi connectivity index (χ1n) is 12.1. The van der Waals surface area contributed by atoms with Gasteiger partial charge in [0.2, 0.25) is 0 Å². The summed E-state index contributed by atoms with van der Waals surface area (Å²) in [4.78, 5) is 32.1. The Morgan fingerprint density at radius 3 is 2.56 bits per heavy atom. The monoisotopic (exact) mass is 582 g/mol. The Balaban J connectivity index is 1.63. The molecular formula is C29H24Cl2N2O5S. The van der Waals surface area contributed by atoms with E-state index in [2.05, 4.69) is 4.99 Å². The fourth-order valence-electron chi connectivity index (χ4n) is 4.36. The van der Waals surface area contributed by atoms with Crippen LogP contribution in [-0.2, 0) is 9.53 Å². The van der Waals surface area contributed by atoms with Gasteiger partial charge in [-0.2, -0.15) is 0 Å². The molecule has 0 bridgehead atoms. The third-order valence-electron chi connectivity index (χ3n) is 6.13. The number of hydrogen-bond donors (Lipinski definition) is 0. The Bertz CT molecular complexity index is 1780. The van der Waals surface area contributed by atoms with Gasteiger partial charge in [0.1, 0.15) is 17.3 Å². The van der Waals surface area contributed by atoms with Crippen LogP contribution in [0.4, 0.5) is 0 Å². The van der Waals surface area contributed by atoms with Crippen LogP contribution in [0.3, 0.4) is 0 Å². The minimum atomic E-state index is -0.724. The van der Waals surface area contributed by atoms with E-state index < -0.39 is 12.0 Å². The molecule has 0 unspecified atom stereocenters.